The summed E-state index contributed by atoms with van der Waals surface area (Å²) < 4.78 is 0. The van der Waals surface area contributed by atoms with Gasteiger partial charge in [0.05, 0.1) is 0 Å². The summed E-state index contributed by atoms with van der Waals surface area (Å²) in [5, 5.41) is 4.97. The van der Waals surface area contributed by atoms with E-state index in [4.69, 9.17) is 0 Å². The predicted octanol–water partition coefficient (Wildman–Crippen LogP) is 12.1. The molecule has 0 bridgehead atoms. The lowest BCUT2D eigenvalue weighted by Crippen LogP contribution is -2.11. The Labute approximate surface area is 276 Å². The van der Waals surface area contributed by atoms with Gasteiger partial charge in [-0.1, -0.05) is 133 Å². The lowest BCUT2D eigenvalue weighted by Gasteiger charge is -2.25. The minimum atomic E-state index is 1.02. The summed E-state index contributed by atoms with van der Waals surface area (Å²) in [4.78, 5) is 6.84. The van der Waals surface area contributed by atoms with Gasteiger partial charge in [-0.3, -0.25) is 4.98 Å². The van der Waals surface area contributed by atoms with E-state index in [-0.39, 0.29) is 0 Å². The first kappa shape index (κ1) is 28.5. The molecule has 224 valence electrons. The molecule has 7 aromatic carbocycles. The lowest BCUT2D eigenvalue weighted by atomic mass is 9.89. The molecule has 0 amide bonds. The van der Waals surface area contributed by atoms with Crippen molar-refractivity contribution >= 4 is 32.9 Å². The number of pyridine rings is 1. The standard InChI is InChI=1S/C45H34N2/c1-31-22-23-36(30-46-31)33-14-10-15-34(28-33)40-26-27-43(42-20-9-8-19-41(40)42)44-25-24-35(29-45(44)47(2)37-16-4-3-5-17-37)39-21-11-13-32-12-6-7-18-38(32)39/h3-30H,1-2H3. The second-order valence-corrected chi connectivity index (χ2v) is 12.1. The van der Waals surface area contributed by atoms with E-state index in [0.717, 1.165) is 22.6 Å². The van der Waals surface area contributed by atoms with Crippen LogP contribution in [0.3, 0.4) is 0 Å². The highest BCUT2D eigenvalue weighted by Crippen LogP contribution is 2.43. The molecule has 0 fully saturated rings. The monoisotopic (exact) mass is 602 g/mol. The molecule has 0 aliphatic rings. The highest BCUT2D eigenvalue weighted by Gasteiger charge is 2.17. The third-order valence-electron chi connectivity index (χ3n) is 9.24. The summed E-state index contributed by atoms with van der Waals surface area (Å²) in [6.07, 6.45) is 1.96. The summed E-state index contributed by atoms with van der Waals surface area (Å²) in [5.74, 6) is 0. The number of para-hydroxylation sites is 1. The fourth-order valence-corrected chi connectivity index (χ4v) is 6.76. The number of fused-ring (bicyclic) bond motifs is 2. The second-order valence-electron chi connectivity index (χ2n) is 12.1. The number of hydrogen-bond donors (Lipinski definition) is 0. The second kappa shape index (κ2) is 12.1. The van der Waals surface area contributed by atoms with Crippen LogP contribution in [0.15, 0.2) is 170 Å². The topological polar surface area (TPSA) is 16.1 Å². The Kier molecular flexibility index (Phi) is 7.32. The van der Waals surface area contributed by atoms with Gasteiger partial charge in [0.25, 0.3) is 0 Å². The van der Waals surface area contributed by atoms with Crippen molar-refractivity contribution in [2.24, 2.45) is 0 Å². The van der Waals surface area contributed by atoms with Gasteiger partial charge in [-0.25, -0.2) is 0 Å². The fourth-order valence-electron chi connectivity index (χ4n) is 6.76. The molecule has 0 saturated heterocycles. The maximum Gasteiger partial charge on any atom is 0.0494 e. The first-order chi connectivity index (χ1) is 23.1. The van der Waals surface area contributed by atoms with E-state index in [2.05, 4.69) is 181 Å². The van der Waals surface area contributed by atoms with Crippen molar-refractivity contribution in [3.63, 3.8) is 0 Å². The van der Waals surface area contributed by atoms with Crippen molar-refractivity contribution in [2.75, 3.05) is 11.9 Å². The number of aryl methyl sites for hydroxylation is 1. The van der Waals surface area contributed by atoms with Crippen LogP contribution in [0.5, 0.6) is 0 Å². The zero-order valence-electron chi connectivity index (χ0n) is 26.6. The van der Waals surface area contributed by atoms with Crippen LogP contribution in [0, 0.1) is 6.92 Å². The molecule has 0 radical (unpaired) electrons. The van der Waals surface area contributed by atoms with Crippen LogP contribution >= 0.6 is 0 Å². The van der Waals surface area contributed by atoms with Gasteiger partial charge in [0, 0.05) is 41.4 Å². The number of aromatic nitrogens is 1. The Morgan fingerprint density at radius 3 is 1.83 bits per heavy atom. The van der Waals surface area contributed by atoms with Crippen molar-refractivity contribution in [3.8, 4) is 44.5 Å². The third-order valence-corrected chi connectivity index (χ3v) is 9.24. The molecule has 0 aliphatic carbocycles. The molecule has 0 spiro atoms. The minimum absolute atomic E-state index is 1.02. The van der Waals surface area contributed by atoms with E-state index >= 15 is 0 Å². The van der Waals surface area contributed by atoms with Crippen LogP contribution < -0.4 is 4.90 Å². The molecule has 8 aromatic rings. The van der Waals surface area contributed by atoms with Crippen LogP contribution in [-0.2, 0) is 0 Å². The molecule has 2 nitrogen and oxygen atoms in total. The Bertz CT molecular complexity index is 2370. The van der Waals surface area contributed by atoms with E-state index < -0.39 is 0 Å². The van der Waals surface area contributed by atoms with Gasteiger partial charge in [0.1, 0.15) is 0 Å². The van der Waals surface area contributed by atoms with Crippen LogP contribution in [-0.4, -0.2) is 12.0 Å². The Morgan fingerprint density at radius 1 is 0.426 bits per heavy atom. The van der Waals surface area contributed by atoms with Crippen molar-refractivity contribution in [3.05, 3.63) is 176 Å². The summed E-state index contributed by atoms with van der Waals surface area (Å²) >= 11 is 0. The third kappa shape index (κ3) is 5.34. The quantitative estimate of drug-likeness (QED) is 0.188. The van der Waals surface area contributed by atoms with E-state index in [0.29, 0.717) is 0 Å². The zero-order valence-corrected chi connectivity index (χ0v) is 26.6. The van der Waals surface area contributed by atoms with Gasteiger partial charge in [-0.15, -0.1) is 0 Å². The number of hydrogen-bond acceptors (Lipinski definition) is 2. The van der Waals surface area contributed by atoms with Gasteiger partial charge in [-0.05, 0) is 92.2 Å². The largest absolute Gasteiger partial charge is 0.344 e. The predicted molar refractivity (Wildman–Crippen MR) is 200 cm³/mol. The number of nitrogens with zero attached hydrogens (tertiary/aromatic N) is 2. The molecule has 1 aromatic heterocycles. The Morgan fingerprint density at radius 2 is 1.02 bits per heavy atom. The number of rotatable bonds is 6. The molecule has 47 heavy (non-hydrogen) atoms. The first-order valence-electron chi connectivity index (χ1n) is 16.1. The highest BCUT2D eigenvalue weighted by atomic mass is 15.1. The van der Waals surface area contributed by atoms with Gasteiger partial charge < -0.3 is 4.90 Å². The van der Waals surface area contributed by atoms with E-state index in [1.165, 1.54) is 60.5 Å². The van der Waals surface area contributed by atoms with Gasteiger partial charge in [0.2, 0.25) is 0 Å². The SMILES string of the molecule is Cc1ccc(-c2cccc(-c3ccc(-c4ccc(-c5cccc6ccccc56)cc4N(C)c4ccccc4)c4ccccc34)c2)cn1. The maximum atomic E-state index is 4.53. The Hall–Kier alpha value is -5.99. The molecular formula is C45H34N2. The van der Waals surface area contributed by atoms with Crippen LogP contribution in [0.2, 0.25) is 0 Å². The van der Waals surface area contributed by atoms with E-state index in [1.807, 2.05) is 13.1 Å². The lowest BCUT2D eigenvalue weighted by molar-refractivity contribution is 1.20. The van der Waals surface area contributed by atoms with Gasteiger partial charge >= 0.3 is 0 Å². The molecular weight excluding hydrogens is 569 g/mol. The summed E-state index contributed by atoms with van der Waals surface area (Å²) in [5.41, 5.74) is 12.9. The summed E-state index contributed by atoms with van der Waals surface area (Å²) in [7, 11) is 2.17. The van der Waals surface area contributed by atoms with Crippen molar-refractivity contribution in [1.82, 2.24) is 4.98 Å². The fraction of sp³-hybridized carbons (Fsp3) is 0.0444. The molecule has 0 unspecified atom stereocenters. The average Bonchev–Trinajstić information content (AvgIpc) is 3.14. The van der Waals surface area contributed by atoms with Crippen molar-refractivity contribution < 1.29 is 0 Å². The zero-order chi connectivity index (χ0) is 31.7. The van der Waals surface area contributed by atoms with E-state index in [1.54, 1.807) is 0 Å². The molecule has 2 heteroatoms. The smallest absolute Gasteiger partial charge is 0.0494 e. The molecule has 0 N–H and O–H groups in total. The van der Waals surface area contributed by atoms with Crippen LogP contribution in [0.4, 0.5) is 11.4 Å². The van der Waals surface area contributed by atoms with Gasteiger partial charge in [-0.2, -0.15) is 0 Å². The van der Waals surface area contributed by atoms with E-state index in [9.17, 15) is 0 Å². The van der Waals surface area contributed by atoms with Crippen LogP contribution in [0.25, 0.3) is 66.1 Å². The highest BCUT2D eigenvalue weighted by molar-refractivity contribution is 6.08. The summed E-state index contributed by atoms with van der Waals surface area (Å²) in [6.45, 7) is 2.02. The average molecular weight is 603 g/mol. The van der Waals surface area contributed by atoms with Crippen molar-refractivity contribution in [1.29, 1.82) is 0 Å². The molecule has 1 heterocycles. The minimum Gasteiger partial charge on any atom is -0.344 e. The number of anilines is 2. The molecule has 0 aliphatic heterocycles. The first-order valence-corrected chi connectivity index (χ1v) is 16.1. The van der Waals surface area contributed by atoms with Crippen molar-refractivity contribution in [2.45, 2.75) is 6.92 Å². The van der Waals surface area contributed by atoms with Crippen LogP contribution in [0.1, 0.15) is 5.69 Å². The summed E-state index contributed by atoms with van der Waals surface area (Å²) in [6, 6.07) is 59.2. The molecule has 0 saturated carbocycles. The Balaban J connectivity index is 1.30. The van der Waals surface area contributed by atoms with Gasteiger partial charge in [0.15, 0.2) is 0 Å². The maximum absolute atomic E-state index is 4.53. The number of benzene rings is 7. The molecule has 8 rings (SSSR count). The molecule has 0 atom stereocenters. The normalized spacial score (nSPS) is 11.2.